The van der Waals surface area contributed by atoms with Crippen LogP contribution >= 0.6 is 11.6 Å². The molecule has 2 aliphatic rings. The first-order chi connectivity index (χ1) is 9.20. The molecule has 1 aromatic rings. The monoisotopic (exact) mass is 280 g/mol. The highest BCUT2D eigenvalue weighted by atomic mass is 35.5. The van der Waals surface area contributed by atoms with E-state index in [0.717, 1.165) is 37.1 Å². The summed E-state index contributed by atoms with van der Waals surface area (Å²) >= 11 is 6.26. The Morgan fingerprint density at radius 1 is 1.53 bits per heavy atom. The molecule has 0 spiro atoms. The normalized spacial score (nSPS) is 30.7. The van der Waals surface area contributed by atoms with Crippen molar-refractivity contribution in [2.75, 3.05) is 13.2 Å². The zero-order valence-corrected chi connectivity index (χ0v) is 12.1. The van der Waals surface area contributed by atoms with E-state index in [9.17, 15) is 0 Å². The van der Waals surface area contributed by atoms with Crippen LogP contribution in [0.1, 0.15) is 31.7 Å². The van der Waals surface area contributed by atoms with Gasteiger partial charge in [-0.15, -0.1) is 0 Å². The van der Waals surface area contributed by atoms with Gasteiger partial charge in [-0.1, -0.05) is 11.6 Å². The number of rotatable bonds is 5. The predicted octanol–water partition coefficient (Wildman–Crippen LogP) is 2.82. The van der Waals surface area contributed by atoms with Crippen LogP contribution < -0.4 is 5.32 Å². The van der Waals surface area contributed by atoms with Gasteiger partial charge in [0, 0.05) is 37.0 Å². The summed E-state index contributed by atoms with van der Waals surface area (Å²) < 4.78 is 5.83. The van der Waals surface area contributed by atoms with Gasteiger partial charge in [0.15, 0.2) is 0 Å². The molecule has 1 saturated carbocycles. The van der Waals surface area contributed by atoms with E-state index in [-0.39, 0.29) is 11.5 Å². The van der Waals surface area contributed by atoms with Crippen molar-refractivity contribution in [1.82, 2.24) is 10.3 Å². The first-order valence-corrected chi connectivity index (χ1v) is 7.51. The minimum atomic E-state index is 0.174. The van der Waals surface area contributed by atoms with Crippen LogP contribution in [0.2, 0.25) is 5.02 Å². The smallest absolute Gasteiger partial charge is 0.0621 e. The fourth-order valence-electron chi connectivity index (χ4n) is 2.91. The van der Waals surface area contributed by atoms with Crippen molar-refractivity contribution >= 4 is 11.6 Å². The van der Waals surface area contributed by atoms with Crippen molar-refractivity contribution in [3.05, 3.63) is 29.0 Å². The number of pyridine rings is 1. The lowest BCUT2D eigenvalue weighted by atomic mass is 9.76. The molecule has 2 heterocycles. The Bertz CT molecular complexity index is 450. The van der Waals surface area contributed by atoms with Gasteiger partial charge in [-0.05, 0) is 44.2 Å². The number of halogens is 1. The van der Waals surface area contributed by atoms with Crippen molar-refractivity contribution < 1.29 is 4.74 Å². The number of nitrogens with one attached hydrogen (secondary N) is 1. The van der Waals surface area contributed by atoms with Gasteiger partial charge in [-0.3, -0.25) is 4.98 Å². The highest BCUT2D eigenvalue weighted by Crippen LogP contribution is 2.39. The van der Waals surface area contributed by atoms with Gasteiger partial charge in [-0.25, -0.2) is 0 Å². The Morgan fingerprint density at radius 2 is 2.37 bits per heavy atom. The predicted molar refractivity (Wildman–Crippen MR) is 76.4 cm³/mol. The minimum Gasteiger partial charge on any atom is -0.378 e. The van der Waals surface area contributed by atoms with Crippen LogP contribution in [0.5, 0.6) is 0 Å². The molecule has 1 N–H and O–H groups in total. The topological polar surface area (TPSA) is 34.1 Å². The second-order valence-electron chi connectivity index (χ2n) is 5.92. The third-order valence-corrected chi connectivity index (χ3v) is 4.89. The fourth-order valence-corrected chi connectivity index (χ4v) is 3.09. The minimum absolute atomic E-state index is 0.174. The number of hydrogen-bond acceptors (Lipinski definition) is 3. The van der Waals surface area contributed by atoms with Gasteiger partial charge < -0.3 is 10.1 Å². The summed E-state index contributed by atoms with van der Waals surface area (Å²) in [5, 5.41) is 4.44. The van der Waals surface area contributed by atoms with Crippen LogP contribution in [0.25, 0.3) is 0 Å². The van der Waals surface area contributed by atoms with Crippen molar-refractivity contribution in [2.45, 2.75) is 44.8 Å². The maximum atomic E-state index is 6.26. The highest BCUT2D eigenvalue weighted by molar-refractivity contribution is 6.31. The second kappa shape index (κ2) is 5.39. The third-order valence-electron chi connectivity index (χ3n) is 4.55. The van der Waals surface area contributed by atoms with Gasteiger partial charge in [0.1, 0.15) is 0 Å². The zero-order valence-electron chi connectivity index (χ0n) is 11.4. The van der Waals surface area contributed by atoms with Crippen LogP contribution in [0, 0.1) is 5.41 Å². The van der Waals surface area contributed by atoms with Crippen LogP contribution in [0.4, 0.5) is 0 Å². The van der Waals surface area contributed by atoms with Crippen molar-refractivity contribution in [2.24, 2.45) is 5.41 Å². The Morgan fingerprint density at radius 3 is 3.00 bits per heavy atom. The van der Waals surface area contributed by atoms with Gasteiger partial charge in [0.25, 0.3) is 0 Å². The Labute approximate surface area is 119 Å². The summed E-state index contributed by atoms with van der Waals surface area (Å²) in [4.78, 5) is 4.07. The van der Waals surface area contributed by atoms with Gasteiger partial charge in [0.05, 0.1) is 11.1 Å². The van der Waals surface area contributed by atoms with Gasteiger partial charge >= 0.3 is 0 Å². The summed E-state index contributed by atoms with van der Waals surface area (Å²) in [5.74, 6) is 0. The van der Waals surface area contributed by atoms with E-state index in [1.165, 1.54) is 18.4 Å². The highest BCUT2D eigenvalue weighted by Gasteiger charge is 2.42. The maximum absolute atomic E-state index is 6.26. The summed E-state index contributed by atoms with van der Waals surface area (Å²) in [5.41, 5.74) is 1.36. The van der Waals surface area contributed by atoms with Crippen LogP contribution in [0.15, 0.2) is 18.5 Å². The Balaban J connectivity index is 1.76. The van der Waals surface area contributed by atoms with Crippen LogP contribution in [-0.2, 0) is 11.2 Å². The number of hydrogen-bond donors (Lipinski definition) is 1. The number of ether oxygens (including phenoxy) is 1. The summed E-state index contributed by atoms with van der Waals surface area (Å²) in [7, 11) is 0. The molecule has 3 nitrogen and oxygen atoms in total. The number of aromatic nitrogens is 1. The standard InChI is InChI=1S/C15H21ClN2O/c1-11-15(5-7-19-11,10-18-13-2-3-13)8-12-4-6-17-9-14(12)16/h4,6,9,11,13,18H,2-3,5,7-8,10H2,1H3. The van der Waals surface area contributed by atoms with Crippen LogP contribution in [0.3, 0.4) is 0 Å². The van der Waals surface area contributed by atoms with Crippen molar-refractivity contribution in [3.8, 4) is 0 Å². The lowest BCUT2D eigenvalue weighted by Crippen LogP contribution is -2.42. The van der Waals surface area contributed by atoms with Crippen molar-refractivity contribution in [3.63, 3.8) is 0 Å². The van der Waals surface area contributed by atoms with E-state index < -0.39 is 0 Å². The molecule has 0 aromatic carbocycles. The largest absolute Gasteiger partial charge is 0.378 e. The first kappa shape index (κ1) is 13.3. The molecule has 0 bridgehead atoms. The van der Waals surface area contributed by atoms with E-state index in [0.29, 0.717) is 0 Å². The molecule has 1 aliphatic carbocycles. The molecule has 2 fully saturated rings. The van der Waals surface area contributed by atoms with E-state index in [2.05, 4.69) is 17.2 Å². The van der Waals surface area contributed by atoms with Gasteiger partial charge in [-0.2, -0.15) is 0 Å². The first-order valence-electron chi connectivity index (χ1n) is 7.13. The molecule has 0 amide bonds. The second-order valence-corrected chi connectivity index (χ2v) is 6.33. The molecule has 1 aliphatic heterocycles. The fraction of sp³-hybridized carbons (Fsp3) is 0.667. The summed E-state index contributed by atoms with van der Waals surface area (Å²) in [6.07, 6.45) is 8.55. The Hall–Kier alpha value is -0.640. The number of nitrogens with zero attached hydrogens (tertiary/aromatic N) is 1. The van der Waals surface area contributed by atoms with Crippen LogP contribution in [-0.4, -0.2) is 30.3 Å². The molecule has 0 radical (unpaired) electrons. The SMILES string of the molecule is CC1OCCC1(CNC1CC1)Cc1ccncc1Cl. The molecule has 19 heavy (non-hydrogen) atoms. The summed E-state index contributed by atoms with van der Waals surface area (Å²) in [6.45, 7) is 4.07. The van der Waals surface area contributed by atoms with E-state index in [4.69, 9.17) is 16.3 Å². The van der Waals surface area contributed by atoms with Crippen molar-refractivity contribution in [1.29, 1.82) is 0 Å². The molecule has 1 saturated heterocycles. The maximum Gasteiger partial charge on any atom is 0.0621 e. The third kappa shape index (κ3) is 2.93. The average Bonchev–Trinajstić information content (AvgIpc) is 3.16. The lowest BCUT2D eigenvalue weighted by Gasteiger charge is -2.33. The van der Waals surface area contributed by atoms with E-state index in [1.807, 2.05) is 12.3 Å². The van der Waals surface area contributed by atoms with Gasteiger partial charge in [0.2, 0.25) is 0 Å². The molecule has 2 atom stereocenters. The summed E-state index contributed by atoms with van der Waals surface area (Å²) in [6, 6.07) is 2.77. The zero-order chi connectivity index (χ0) is 13.3. The molecular weight excluding hydrogens is 260 g/mol. The van der Waals surface area contributed by atoms with E-state index in [1.54, 1.807) is 6.20 Å². The molecule has 1 aromatic heterocycles. The molecule has 4 heteroatoms. The average molecular weight is 281 g/mol. The van der Waals surface area contributed by atoms with E-state index >= 15 is 0 Å². The molecular formula is C15H21ClN2O. The Kier molecular flexibility index (Phi) is 3.79. The molecule has 104 valence electrons. The molecule has 3 rings (SSSR count). The quantitative estimate of drug-likeness (QED) is 0.901. The molecule has 2 unspecified atom stereocenters. The lowest BCUT2D eigenvalue weighted by molar-refractivity contribution is 0.0628.